The zero-order valence-corrected chi connectivity index (χ0v) is 10.3. The van der Waals surface area contributed by atoms with Gasteiger partial charge in [0.05, 0.1) is 5.60 Å². The van der Waals surface area contributed by atoms with Gasteiger partial charge in [-0.25, -0.2) is 13.2 Å². The monoisotopic (exact) mass is 258 g/mol. The minimum Gasteiger partial charge on any atom is -0.385 e. The van der Waals surface area contributed by atoms with Crippen LogP contribution in [0.4, 0.5) is 13.2 Å². The summed E-state index contributed by atoms with van der Waals surface area (Å²) in [6.07, 6.45) is 3.26. The van der Waals surface area contributed by atoms with Crippen molar-refractivity contribution < 1.29 is 18.3 Å². The molecule has 1 N–H and O–H groups in total. The minimum atomic E-state index is -1.50. The normalized spacial score (nSPS) is 29.1. The number of hydrogen-bond donors (Lipinski definition) is 1. The molecule has 1 aromatic rings. The van der Waals surface area contributed by atoms with E-state index in [0.717, 1.165) is 31.4 Å². The highest BCUT2D eigenvalue weighted by Gasteiger charge is 2.35. The molecule has 1 aromatic carbocycles. The molecular weight excluding hydrogens is 241 g/mol. The summed E-state index contributed by atoms with van der Waals surface area (Å²) in [5, 5.41) is 10.5. The molecule has 2 unspecified atom stereocenters. The summed E-state index contributed by atoms with van der Waals surface area (Å²) < 4.78 is 39.9. The van der Waals surface area contributed by atoms with Gasteiger partial charge in [-0.3, -0.25) is 0 Å². The van der Waals surface area contributed by atoms with Crippen LogP contribution in [-0.4, -0.2) is 5.11 Å². The standard InChI is InChI=1S/C14H17F3O/c1-9-3-2-7-14(18,8-6-9)10-4-5-11(15)13(17)12(10)16/h4-5,9,18H,2-3,6-8H2,1H3. The van der Waals surface area contributed by atoms with Gasteiger partial charge >= 0.3 is 0 Å². The first-order valence-corrected chi connectivity index (χ1v) is 6.30. The molecule has 1 saturated carbocycles. The molecule has 0 heterocycles. The SMILES string of the molecule is CC1CCCC(O)(c2ccc(F)c(F)c2F)CC1. The maximum Gasteiger partial charge on any atom is 0.194 e. The predicted molar refractivity (Wildman–Crippen MR) is 62.5 cm³/mol. The highest BCUT2D eigenvalue weighted by atomic mass is 19.2. The Bertz CT molecular complexity index is 447. The minimum absolute atomic E-state index is 0.115. The van der Waals surface area contributed by atoms with Crippen molar-refractivity contribution in [1.29, 1.82) is 0 Å². The molecule has 1 aliphatic carbocycles. The van der Waals surface area contributed by atoms with Crippen LogP contribution in [0, 0.1) is 23.4 Å². The fourth-order valence-corrected chi connectivity index (χ4v) is 2.65. The molecule has 18 heavy (non-hydrogen) atoms. The number of benzene rings is 1. The molecule has 0 saturated heterocycles. The largest absolute Gasteiger partial charge is 0.385 e. The lowest BCUT2D eigenvalue weighted by Gasteiger charge is -2.27. The summed E-state index contributed by atoms with van der Waals surface area (Å²) in [5.41, 5.74) is -1.49. The maximum absolute atomic E-state index is 13.7. The van der Waals surface area contributed by atoms with E-state index in [1.54, 1.807) is 0 Å². The van der Waals surface area contributed by atoms with E-state index in [0.29, 0.717) is 18.8 Å². The highest BCUT2D eigenvalue weighted by molar-refractivity contribution is 5.26. The lowest BCUT2D eigenvalue weighted by molar-refractivity contribution is 0.0156. The Labute approximate surface area is 105 Å². The third-order valence-electron chi connectivity index (χ3n) is 3.87. The first kappa shape index (κ1) is 13.4. The smallest absolute Gasteiger partial charge is 0.194 e. The van der Waals surface area contributed by atoms with E-state index in [1.807, 2.05) is 0 Å². The van der Waals surface area contributed by atoms with E-state index in [4.69, 9.17) is 0 Å². The van der Waals surface area contributed by atoms with Gasteiger partial charge in [-0.2, -0.15) is 0 Å². The average Bonchev–Trinajstić information content (AvgIpc) is 2.49. The van der Waals surface area contributed by atoms with Gasteiger partial charge in [0, 0.05) is 5.56 Å². The van der Waals surface area contributed by atoms with Crippen molar-refractivity contribution in [2.45, 2.75) is 44.6 Å². The van der Waals surface area contributed by atoms with Crippen molar-refractivity contribution in [2.24, 2.45) is 5.92 Å². The van der Waals surface area contributed by atoms with Gasteiger partial charge in [0.15, 0.2) is 17.5 Å². The Morgan fingerprint density at radius 1 is 1.11 bits per heavy atom. The summed E-state index contributed by atoms with van der Waals surface area (Å²) in [5.74, 6) is -3.51. The molecule has 0 spiro atoms. The van der Waals surface area contributed by atoms with Crippen LogP contribution in [0.15, 0.2) is 12.1 Å². The zero-order valence-electron chi connectivity index (χ0n) is 10.3. The van der Waals surface area contributed by atoms with Crippen molar-refractivity contribution in [3.05, 3.63) is 35.1 Å². The van der Waals surface area contributed by atoms with Crippen LogP contribution in [0.1, 0.15) is 44.6 Å². The van der Waals surface area contributed by atoms with Gasteiger partial charge in [0.2, 0.25) is 0 Å². The molecule has 2 rings (SSSR count). The number of halogens is 3. The second-order valence-electron chi connectivity index (χ2n) is 5.29. The van der Waals surface area contributed by atoms with E-state index in [1.165, 1.54) is 0 Å². The molecule has 0 amide bonds. The third-order valence-corrected chi connectivity index (χ3v) is 3.87. The van der Waals surface area contributed by atoms with Gasteiger partial charge in [-0.1, -0.05) is 19.4 Å². The zero-order chi connectivity index (χ0) is 13.3. The van der Waals surface area contributed by atoms with Crippen LogP contribution in [0.5, 0.6) is 0 Å². The molecule has 2 atom stereocenters. The Hall–Kier alpha value is -1.03. The van der Waals surface area contributed by atoms with Gasteiger partial charge < -0.3 is 5.11 Å². The second-order valence-corrected chi connectivity index (χ2v) is 5.29. The van der Waals surface area contributed by atoms with Crippen LogP contribution in [0.2, 0.25) is 0 Å². The van der Waals surface area contributed by atoms with Crippen molar-refractivity contribution in [3.63, 3.8) is 0 Å². The summed E-state index contributed by atoms with van der Waals surface area (Å²) in [6.45, 7) is 2.08. The lowest BCUT2D eigenvalue weighted by atomic mass is 9.86. The molecular formula is C14H17F3O. The van der Waals surface area contributed by atoms with Crippen molar-refractivity contribution in [2.75, 3.05) is 0 Å². The summed E-state index contributed by atoms with van der Waals surface area (Å²) in [6, 6.07) is 2.03. The Morgan fingerprint density at radius 2 is 1.83 bits per heavy atom. The third kappa shape index (κ3) is 2.39. The topological polar surface area (TPSA) is 20.2 Å². The summed E-state index contributed by atoms with van der Waals surface area (Å²) in [4.78, 5) is 0. The van der Waals surface area contributed by atoms with Crippen molar-refractivity contribution in [1.82, 2.24) is 0 Å². The van der Waals surface area contributed by atoms with Crippen LogP contribution in [0.3, 0.4) is 0 Å². The van der Waals surface area contributed by atoms with E-state index in [9.17, 15) is 18.3 Å². The fourth-order valence-electron chi connectivity index (χ4n) is 2.65. The summed E-state index contributed by atoms with van der Waals surface area (Å²) in [7, 11) is 0. The van der Waals surface area contributed by atoms with E-state index < -0.39 is 23.1 Å². The molecule has 1 nitrogen and oxygen atoms in total. The lowest BCUT2D eigenvalue weighted by Crippen LogP contribution is -2.27. The molecule has 0 aliphatic heterocycles. The quantitative estimate of drug-likeness (QED) is 0.598. The van der Waals surface area contributed by atoms with Crippen molar-refractivity contribution in [3.8, 4) is 0 Å². The highest BCUT2D eigenvalue weighted by Crippen LogP contribution is 2.39. The molecule has 0 radical (unpaired) electrons. The van der Waals surface area contributed by atoms with Gasteiger partial charge in [0.25, 0.3) is 0 Å². The number of aliphatic hydroxyl groups is 1. The number of hydrogen-bond acceptors (Lipinski definition) is 1. The van der Waals surface area contributed by atoms with Crippen LogP contribution in [-0.2, 0) is 5.60 Å². The molecule has 100 valence electrons. The van der Waals surface area contributed by atoms with E-state index in [2.05, 4.69) is 6.92 Å². The van der Waals surface area contributed by atoms with E-state index in [-0.39, 0.29) is 5.56 Å². The van der Waals surface area contributed by atoms with Crippen LogP contribution < -0.4 is 0 Å². The maximum atomic E-state index is 13.7. The van der Waals surface area contributed by atoms with Gasteiger partial charge in [-0.05, 0) is 37.7 Å². The first-order valence-electron chi connectivity index (χ1n) is 6.30. The molecule has 0 bridgehead atoms. The number of rotatable bonds is 1. The second kappa shape index (κ2) is 4.92. The van der Waals surface area contributed by atoms with Crippen LogP contribution in [0.25, 0.3) is 0 Å². The molecule has 1 fully saturated rings. The average molecular weight is 258 g/mol. The van der Waals surface area contributed by atoms with Gasteiger partial charge in [-0.15, -0.1) is 0 Å². The van der Waals surface area contributed by atoms with E-state index >= 15 is 0 Å². The molecule has 1 aliphatic rings. The van der Waals surface area contributed by atoms with Crippen molar-refractivity contribution >= 4 is 0 Å². The van der Waals surface area contributed by atoms with Gasteiger partial charge in [0.1, 0.15) is 0 Å². The summed E-state index contributed by atoms with van der Waals surface area (Å²) >= 11 is 0. The Morgan fingerprint density at radius 3 is 2.56 bits per heavy atom. The molecule has 4 heteroatoms. The molecule has 0 aromatic heterocycles. The fraction of sp³-hybridized carbons (Fsp3) is 0.571. The first-order chi connectivity index (χ1) is 8.44. The Balaban J connectivity index is 2.37. The van der Waals surface area contributed by atoms with Crippen LogP contribution >= 0.6 is 0 Å². The predicted octanol–water partition coefficient (Wildman–Crippen LogP) is 3.89. The Kier molecular flexibility index (Phi) is 3.66.